The summed E-state index contributed by atoms with van der Waals surface area (Å²) < 4.78 is 12.4. The van der Waals surface area contributed by atoms with Crippen LogP contribution in [0.4, 0.5) is 11.4 Å². The first-order valence-electron chi connectivity index (χ1n) is 10.5. The minimum Gasteiger partial charge on any atom is -0.493 e. The number of ether oxygens (including phenoxy) is 2. The smallest absolute Gasteiger partial charge is 0.276 e. The fourth-order valence-electron chi connectivity index (χ4n) is 3.54. The molecule has 0 fully saturated rings. The number of para-hydroxylation sites is 1. The molecule has 1 heterocycles. The van der Waals surface area contributed by atoms with Gasteiger partial charge < -0.3 is 20.1 Å². The lowest BCUT2D eigenvalue weighted by atomic mass is 10.1. The molecule has 4 aromatic rings. The summed E-state index contributed by atoms with van der Waals surface area (Å²) in [6.07, 6.45) is 1.80. The van der Waals surface area contributed by atoms with Crippen molar-refractivity contribution in [2.75, 3.05) is 24.9 Å². The number of hydrogen-bond donors (Lipinski definition) is 2. The molecule has 0 spiro atoms. The Labute approximate surface area is 197 Å². The monoisotopic (exact) mass is 456 g/mol. The molecule has 0 saturated carbocycles. The van der Waals surface area contributed by atoms with Gasteiger partial charge in [-0.15, -0.1) is 0 Å². The Kier molecular flexibility index (Phi) is 6.59. The lowest BCUT2D eigenvalue weighted by Gasteiger charge is -2.10. The van der Waals surface area contributed by atoms with Crippen LogP contribution < -0.4 is 20.1 Å². The number of aromatic nitrogens is 2. The van der Waals surface area contributed by atoms with Gasteiger partial charge in [0.05, 0.1) is 19.9 Å². The Morgan fingerprint density at radius 2 is 1.53 bits per heavy atom. The SMILES string of the molecule is COc1ccc(-c2cn(-c3ccccc3)nc2C(=O)Nc2cccc(NC(C)=O)c2)cc1OC. The van der Waals surface area contributed by atoms with Crippen LogP contribution in [-0.4, -0.2) is 35.8 Å². The molecule has 4 rings (SSSR count). The summed E-state index contributed by atoms with van der Waals surface area (Å²) in [7, 11) is 3.13. The Balaban J connectivity index is 1.74. The molecular weight excluding hydrogens is 432 g/mol. The van der Waals surface area contributed by atoms with Gasteiger partial charge in [0.1, 0.15) is 0 Å². The molecule has 0 aliphatic heterocycles. The third-order valence-corrected chi connectivity index (χ3v) is 5.09. The quantitative estimate of drug-likeness (QED) is 0.418. The maximum Gasteiger partial charge on any atom is 0.276 e. The van der Waals surface area contributed by atoms with E-state index in [2.05, 4.69) is 15.7 Å². The molecular formula is C26H24N4O4. The van der Waals surface area contributed by atoms with Crippen molar-refractivity contribution in [3.05, 3.63) is 84.7 Å². The molecule has 0 bridgehead atoms. The predicted molar refractivity (Wildman–Crippen MR) is 131 cm³/mol. The molecule has 34 heavy (non-hydrogen) atoms. The van der Waals surface area contributed by atoms with Gasteiger partial charge in [-0.2, -0.15) is 5.10 Å². The van der Waals surface area contributed by atoms with Crippen LogP contribution in [0, 0.1) is 0 Å². The molecule has 0 atom stereocenters. The molecule has 0 saturated heterocycles. The summed E-state index contributed by atoms with van der Waals surface area (Å²) in [4.78, 5) is 24.7. The zero-order valence-electron chi connectivity index (χ0n) is 19.0. The molecule has 0 radical (unpaired) electrons. The maximum atomic E-state index is 13.3. The number of rotatable bonds is 7. The van der Waals surface area contributed by atoms with Gasteiger partial charge in [-0.05, 0) is 48.0 Å². The summed E-state index contributed by atoms with van der Waals surface area (Å²) in [5.74, 6) is 0.546. The van der Waals surface area contributed by atoms with E-state index in [1.807, 2.05) is 36.4 Å². The van der Waals surface area contributed by atoms with Gasteiger partial charge >= 0.3 is 0 Å². The predicted octanol–water partition coefficient (Wildman–Crippen LogP) is 4.77. The number of nitrogens with zero attached hydrogens (tertiary/aromatic N) is 2. The molecule has 8 nitrogen and oxygen atoms in total. The number of benzene rings is 3. The molecule has 1 aromatic heterocycles. The molecule has 172 valence electrons. The van der Waals surface area contributed by atoms with E-state index >= 15 is 0 Å². The van der Waals surface area contributed by atoms with Gasteiger partial charge in [0.2, 0.25) is 5.91 Å². The highest BCUT2D eigenvalue weighted by Gasteiger charge is 2.20. The third-order valence-electron chi connectivity index (χ3n) is 5.09. The van der Waals surface area contributed by atoms with Crippen molar-refractivity contribution in [3.63, 3.8) is 0 Å². The minimum atomic E-state index is -0.389. The second-order valence-electron chi connectivity index (χ2n) is 7.46. The van der Waals surface area contributed by atoms with E-state index < -0.39 is 0 Å². The van der Waals surface area contributed by atoms with Crippen molar-refractivity contribution in [2.24, 2.45) is 0 Å². The fraction of sp³-hybridized carbons (Fsp3) is 0.115. The summed E-state index contributed by atoms with van der Waals surface area (Å²) in [6.45, 7) is 1.43. The van der Waals surface area contributed by atoms with Crippen LogP contribution in [0.15, 0.2) is 79.0 Å². The van der Waals surface area contributed by atoms with E-state index in [-0.39, 0.29) is 17.5 Å². The van der Waals surface area contributed by atoms with Gasteiger partial charge in [-0.1, -0.05) is 30.3 Å². The topological polar surface area (TPSA) is 94.5 Å². The Morgan fingerprint density at radius 1 is 0.824 bits per heavy atom. The lowest BCUT2D eigenvalue weighted by molar-refractivity contribution is -0.114. The normalized spacial score (nSPS) is 10.4. The zero-order valence-corrected chi connectivity index (χ0v) is 19.0. The van der Waals surface area contributed by atoms with Crippen LogP contribution in [0.3, 0.4) is 0 Å². The van der Waals surface area contributed by atoms with E-state index in [9.17, 15) is 9.59 Å². The molecule has 2 amide bonds. The van der Waals surface area contributed by atoms with E-state index in [0.29, 0.717) is 28.4 Å². The van der Waals surface area contributed by atoms with Crippen molar-refractivity contribution >= 4 is 23.2 Å². The number of carbonyl (C=O) groups excluding carboxylic acids is 2. The van der Waals surface area contributed by atoms with Gasteiger partial charge in [-0.25, -0.2) is 4.68 Å². The van der Waals surface area contributed by atoms with Crippen molar-refractivity contribution in [1.29, 1.82) is 0 Å². The summed E-state index contributed by atoms with van der Waals surface area (Å²) >= 11 is 0. The van der Waals surface area contributed by atoms with Crippen LogP contribution >= 0.6 is 0 Å². The largest absolute Gasteiger partial charge is 0.493 e. The van der Waals surface area contributed by atoms with E-state index in [1.54, 1.807) is 61.5 Å². The number of hydrogen-bond acceptors (Lipinski definition) is 5. The highest BCUT2D eigenvalue weighted by molar-refractivity contribution is 6.07. The number of methoxy groups -OCH3 is 2. The Morgan fingerprint density at radius 3 is 2.21 bits per heavy atom. The number of carbonyl (C=O) groups is 2. The molecule has 0 aliphatic rings. The average molecular weight is 457 g/mol. The molecule has 3 aromatic carbocycles. The van der Waals surface area contributed by atoms with Crippen molar-refractivity contribution in [2.45, 2.75) is 6.92 Å². The second-order valence-corrected chi connectivity index (χ2v) is 7.46. The number of nitrogens with one attached hydrogen (secondary N) is 2. The first-order chi connectivity index (χ1) is 16.5. The highest BCUT2D eigenvalue weighted by atomic mass is 16.5. The van der Waals surface area contributed by atoms with Crippen LogP contribution in [0.5, 0.6) is 11.5 Å². The van der Waals surface area contributed by atoms with Gasteiger partial charge in [0.25, 0.3) is 5.91 Å². The van der Waals surface area contributed by atoms with Crippen LogP contribution in [-0.2, 0) is 4.79 Å². The van der Waals surface area contributed by atoms with Gasteiger partial charge in [-0.3, -0.25) is 9.59 Å². The summed E-state index contributed by atoms with van der Waals surface area (Å²) in [6, 6.07) is 21.9. The molecule has 0 unspecified atom stereocenters. The minimum absolute atomic E-state index is 0.194. The second kappa shape index (κ2) is 9.91. The zero-order chi connectivity index (χ0) is 24.1. The van der Waals surface area contributed by atoms with Gasteiger partial charge in [0.15, 0.2) is 17.2 Å². The van der Waals surface area contributed by atoms with Crippen LogP contribution in [0.2, 0.25) is 0 Å². The third kappa shape index (κ3) is 4.91. The Hall–Kier alpha value is -4.59. The fourth-order valence-corrected chi connectivity index (χ4v) is 3.54. The number of amides is 2. The summed E-state index contributed by atoms with van der Waals surface area (Å²) in [5, 5.41) is 10.2. The lowest BCUT2D eigenvalue weighted by Crippen LogP contribution is -2.14. The summed E-state index contributed by atoms with van der Waals surface area (Å²) in [5.41, 5.74) is 3.54. The standard InChI is InChI=1S/C26H24N4O4/c1-17(31)27-19-8-7-9-20(15-19)28-26(32)25-22(16-30(29-25)21-10-5-4-6-11-21)18-12-13-23(33-2)24(14-18)34-3/h4-16H,1-3H3,(H,27,31)(H,28,32). The maximum absolute atomic E-state index is 13.3. The highest BCUT2D eigenvalue weighted by Crippen LogP contribution is 2.34. The van der Waals surface area contributed by atoms with E-state index in [4.69, 9.17) is 9.47 Å². The number of anilines is 2. The molecule has 8 heteroatoms. The van der Waals surface area contributed by atoms with E-state index in [1.165, 1.54) is 6.92 Å². The van der Waals surface area contributed by atoms with Crippen molar-refractivity contribution < 1.29 is 19.1 Å². The first-order valence-corrected chi connectivity index (χ1v) is 10.5. The van der Waals surface area contributed by atoms with E-state index in [0.717, 1.165) is 11.3 Å². The van der Waals surface area contributed by atoms with Gasteiger partial charge in [0, 0.05) is 30.1 Å². The Bertz CT molecular complexity index is 1330. The van der Waals surface area contributed by atoms with Crippen LogP contribution in [0.25, 0.3) is 16.8 Å². The average Bonchev–Trinajstić information content (AvgIpc) is 3.30. The molecule has 2 N–H and O–H groups in total. The molecule has 0 aliphatic carbocycles. The van der Waals surface area contributed by atoms with Crippen molar-refractivity contribution in [1.82, 2.24) is 9.78 Å². The van der Waals surface area contributed by atoms with Crippen LogP contribution in [0.1, 0.15) is 17.4 Å². The van der Waals surface area contributed by atoms with Crippen molar-refractivity contribution in [3.8, 4) is 28.3 Å². The first kappa shape index (κ1) is 22.6.